The molecule has 0 bridgehead atoms. The third kappa shape index (κ3) is 3.89. The lowest BCUT2D eigenvalue weighted by Crippen LogP contribution is -2.16. The van der Waals surface area contributed by atoms with Gasteiger partial charge < -0.3 is 9.47 Å². The summed E-state index contributed by atoms with van der Waals surface area (Å²) in [5.74, 6) is 0.716. The van der Waals surface area contributed by atoms with Crippen LogP contribution in [0.25, 0.3) is 0 Å². The molecule has 1 aromatic carbocycles. The van der Waals surface area contributed by atoms with E-state index in [0.717, 1.165) is 5.56 Å². The van der Waals surface area contributed by atoms with Gasteiger partial charge >= 0.3 is 0 Å². The Morgan fingerprint density at radius 1 is 1.12 bits per heavy atom. The van der Waals surface area contributed by atoms with Gasteiger partial charge in [-0.15, -0.1) is 0 Å². The van der Waals surface area contributed by atoms with E-state index >= 15 is 0 Å². The lowest BCUT2D eigenvalue weighted by molar-refractivity contribution is -0.0760. The summed E-state index contributed by atoms with van der Waals surface area (Å²) in [5.41, 5.74) is 1.13. The van der Waals surface area contributed by atoms with Crippen LogP contribution in [0.15, 0.2) is 54.9 Å². The van der Waals surface area contributed by atoms with Gasteiger partial charge in [0.05, 0.1) is 12.8 Å². The Morgan fingerprint density at radius 2 is 1.94 bits per heavy atom. The van der Waals surface area contributed by atoms with E-state index in [1.807, 2.05) is 49.4 Å². The Hall–Kier alpha value is -1.87. The van der Waals surface area contributed by atoms with Crippen LogP contribution in [0, 0.1) is 0 Å². The number of hydrogen-bond donors (Lipinski definition) is 0. The van der Waals surface area contributed by atoms with Gasteiger partial charge in [-0.2, -0.15) is 0 Å². The number of nitrogens with zero attached hydrogens (tertiary/aromatic N) is 1. The van der Waals surface area contributed by atoms with E-state index in [1.165, 1.54) is 0 Å². The molecule has 0 amide bonds. The van der Waals surface area contributed by atoms with E-state index in [4.69, 9.17) is 9.47 Å². The average molecular weight is 229 g/mol. The van der Waals surface area contributed by atoms with Crippen LogP contribution in [0.2, 0.25) is 0 Å². The van der Waals surface area contributed by atoms with Gasteiger partial charge in [0.25, 0.3) is 0 Å². The van der Waals surface area contributed by atoms with E-state index < -0.39 is 0 Å². The van der Waals surface area contributed by atoms with Gasteiger partial charge in [0.15, 0.2) is 6.29 Å². The summed E-state index contributed by atoms with van der Waals surface area (Å²) in [6.45, 7) is 2.41. The van der Waals surface area contributed by atoms with Crippen molar-refractivity contribution in [1.82, 2.24) is 4.98 Å². The molecule has 0 saturated carbocycles. The maximum atomic E-state index is 5.58. The van der Waals surface area contributed by atoms with Crippen molar-refractivity contribution in [2.45, 2.75) is 19.8 Å². The summed E-state index contributed by atoms with van der Waals surface area (Å²) < 4.78 is 11.1. The zero-order valence-corrected chi connectivity index (χ0v) is 9.74. The number of ether oxygens (including phenoxy) is 2. The lowest BCUT2D eigenvalue weighted by Gasteiger charge is -2.15. The van der Waals surface area contributed by atoms with Crippen molar-refractivity contribution in [3.8, 4) is 5.75 Å². The van der Waals surface area contributed by atoms with Gasteiger partial charge in [0.2, 0.25) is 0 Å². The molecule has 0 N–H and O–H groups in total. The second kappa shape index (κ2) is 6.01. The monoisotopic (exact) mass is 229 g/mol. The first kappa shape index (κ1) is 11.6. The second-order valence-corrected chi connectivity index (χ2v) is 3.67. The largest absolute Gasteiger partial charge is 0.464 e. The predicted octanol–water partition coefficient (Wildman–Crippen LogP) is 3.02. The van der Waals surface area contributed by atoms with Crippen molar-refractivity contribution in [2.24, 2.45) is 0 Å². The zero-order valence-electron chi connectivity index (χ0n) is 9.74. The Bertz CT molecular complexity index is 430. The van der Waals surface area contributed by atoms with Crippen LogP contribution in [0.4, 0.5) is 0 Å². The van der Waals surface area contributed by atoms with Gasteiger partial charge in [-0.3, -0.25) is 4.98 Å². The van der Waals surface area contributed by atoms with Gasteiger partial charge in [0, 0.05) is 6.20 Å². The minimum absolute atomic E-state index is 0.292. The summed E-state index contributed by atoms with van der Waals surface area (Å²) >= 11 is 0. The molecule has 3 nitrogen and oxygen atoms in total. The summed E-state index contributed by atoms with van der Waals surface area (Å²) in [6, 6.07) is 13.7. The van der Waals surface area contributed by atoms with Crippen LogP contribution in [-0.2, 0) is 11.3 Å². The third-order valence-electron chi connectivity index (χ3n) is 2.26. The molecule has 0 saturated heterocycles. The highest BCUT2D eigenvalue weighted by Crippen LogP contribution is 2.11. The molecule has 17 heavy (non-hydrogen) atoms. The first-order valence-corrected chi connectivity index (χ1v) is 5.57. The number of aromatic nitrogens is 1. The zero-order chi connectivity index (χ0) is 11.9. The Kier molecular flexibility index (Phi) is 4.11. The quantitative estimate of drug-likeness (QED) is 0.738. The summed E-state index contributed by atoms with van der Waals surface area (Å²) in [5, 5.41) is 0. The molecule has 0 fully saturated rings. The smallest absolute Gasteiger partial charge is 0.197 e. The number of pyridine rings is 1. The Labute approximate surface area is 101 Å². The van der Waals surface area contributed by atoms with Crippen molar-refractivity contribution in [3.63, 3.8) is 0 Å². The van der Waals surface area contributed by atoms with Gasteiger partial charge in [-0.05, 0) is 24.6 Å². The normalized spacial score (nSPS) is 12.1. The Balaban J connectivity index is 1.80. The average Bonchev–Trinajstić information content (AvgIpc) is 2.39. The number of rotatable bonds is 5. The summed E-state index contributed by atoms with van der Waals surface area (Å²) in [7, 11) is 0. The van der Waals surface area contributed by atoms with Crippen LogP contribution < -0.4 is 4.74 Å². The molecule has 0 aliphatic carbocycles. The molecular weight excluding hydrogens is 214 g/mol. The first-order valence-electron chi connectivity index (χ1n) is 5.57. The molecule has 0 aliphatic rings. The third-order valence-corrected chi connectivity index (χ3v) is 2.26. The maximum Gasteiger partial charge on any atom is 0.197 e. The van der Waals surface area contributed by atoms with Crippen LogP contribution in [-0.4, -0.2) is 11.3 Å². The fourth-order valence-corrected chi connectivity index (χ4v) is 1.43. The van der Waals surface area contributed by atoms with Crippen LogP contribution in [0.5, 0.6) is 5.75 Å². The van der Waals surface area contributed by atoms with E-state index in [0.29, 0.717) is 12.4 Å². The molecular formula is C14H15NO2. The van der Waals surface area contributed by atoms with Crippen molar-refractivity contribution in [3.05, 3.63) is 60.4 Å². The molecule has 88 valence electrons. The van der Waals surface area contributed by atoms with Crippen molar-refractivity contribution in [1.29, 1.82) is 0 Å². The fourth-order valence-electron chi connectivity index (χ4n) is 1.43. The first-order chi connectivity index (χ1) is 8.34. The highest BCUT2D eigenvalue weighted by Gasteiger charge is 2.03. The Morgan fingerprint density at radius 3 is 2.65 bits per heavy atom. The SMILES string of the molecule is CC(OCc1ccccc1)Oc1cccnc1. The molecule has 2 aromatic rings. The van der Waals surface area contributed by atoms with Crippen molar-refractivity contribution in [2.75, 3.05) is 0 Å². The summed E-state index contributed by atoms with van der Waals surface area (Å²) in [6.07, 6.45) is 3.09. The van der Waals surface area contributed by atoms with E-state index in [-0.39, 0.29) is 6.29 Å². The molecule has 2 rings (SSSR count). The highest BCUT2D eigenvalue weighted by molar-refractivity contribution is 5.15. The standard InChI is InChI=1S/C14H15NO2/c1-12(17-14-8-5-9-15-10-14)16-11-13-6-3-2-4-7-13/h2-10,12H,11H2,1H3. The minimum atomic E-state index is -0.292. The van der Waals surface area contributed by atoms with E-state index in [2.05, 4.69) is 4.98 Å². The highest BCUT2D eigenvalue weighted by atomic mass is 16.7. The van der Waals surface area contributed by atoms with E-state index in [9.17, 15) is 0 Å². The molecule has 0 spiro atoms. The van der Waals surface area contributed by atoms with E-state index in [1.54, 1.807) is 12.4 Å². The summed E-state index contributed by atoms with van der Waals surface area (Å²) in [4.78, 5) is 3.98. The molecule has 0 aliphatic heterocycles. The van der Waals surface area contributed by atoms with Crippen molar-refractivity contribution < 1.29 is 9.47 Å². The predicted molar refractivity (Wildman–Crippen MR) is 65.6 cm³/mol. The van der Waals surface area contributed by atoms with Crippen LogP contribution >= 0.6 is 0 Å². The molecule has 1 unspecified atom stereocenters. The van der Waals surface area contributed by atoms with Gasteiger partial charge in [-0.1, -0.05) is 30.3 Å². The lowest BCUT2D eigenvalue weighted by atomic mass is 10.2. The van der Waals surface area contributed by atoms with Crippen molar-refractivity contribution >= 4 is 0 Å². The fraction of sp³-hybridized carbons (Fsp3) is 0.214. The number of benzene rings is 1. The molecule has 3 heteroatoms. The topological polar surface area (TPSA) is 31.4 Å². The molecule has 0 radical (unpaired) electrons. The van der Waals surface area contributed by atoms with Crippen LogP contribution in [0.3, 0.4) is 0 Å². The molecule has 1 atom stereocenters. The maximum absolute atomic E-state index is 5.58. The second-order valence-electron chi connectivity index (χ2n) is 3.67. The number of hydrogen-bond acceptors (Lipinski definition) is 3. The van der Waals surface area contributed by atoms with Gasteiger partial charge in [-0.25, -0.2) is 0 Å². The molecule has 1 aromatic heterocycles. The van der Waals surface area contributed by atoms with Crippen LogP contribution in [0.1, 0.15) is 12.5 Å². The van der Waals surface area contributed by atoms with Gasteiger partial charge in [0.1, 0.15) is 5.75 Å². The molecule has 1 heterocycles. The minimum Gasteiger partial charge on any atom is -0.464 e.